The quantitative estimate of drug-likeness (QED) is 0.505. The number of hydrogen-bond acceptors (Lipinski definition) is 7. The van der Waals surface area contributed by atoms with Crippen molar-refractivity contribution in [3.8, 4) is 11.5 Å². The lowest BCUT2D eigenvalue weighted by Gasteiger charge is -2.28. The van der Waals surface area contributed by atoms with E-state index in [9.17, 15) is 19.8 Å². The molecule has 1 aliphatic rings. The number of aromatic hydroxyl groups is 1. The Balaban J connectivity index is 1.81. The highest BCUT2D eigenvalue weighted by atomic mass is 16.5. The third-order valence-corrected chi connectivity index (χ3v) is 5.59. The predicted octanol–water partition coefficient (Wildman–Crippen LogP) is 3.68. The maximum Gasteiger partial charge on any atom is 0.290 e. The van der Waals surface area contributed by atoms with Crippen molar-refractivity contribution in [3.05, 3.63) is 71.2 Å². The Bertz CT molecular complexity index is 1210. The lowest BCUT2D eigenvalue weighted by atomic mass is 9.94. The van der Waals surface area contributed by atoms with Gasteiger partial charge in [-0.3, -0.25) is 9.59 Å². The van der Waals surface area contributed by atoms with Crippen LogP contribution in [0.2, 0.25) is 0 Å². The van der Waals surface area contributed by atoms with Gasteiger partial charge in [0.15, 0.2) is 23.0 Å². The number of hydrogen-bond donors (Lipinski definition) is 2. The van der Waals surface area contributed by atoms with Crippen LogP contribution in [0, 0.1) is 0 Å². The zero-order valence-electron chi connectivity index (χ0n) is 18.7. The molecular formula is C25H26N2O6. The molecule has 1 aliphatic heterocycles. The number of amides is 1. The second-order valence-electron chi connectivity index (χ2n) is 8.10. The molecule has 8 heteroatoms. The van der Waals surface area contributed by atoms with Crippen molar-refractivity contribution >= 4 is 22.7 Å². The molecule has 1 aromatic heterocycles. The lowest BCUT2D eigenvalue weighted by molar-refractivity contribution is -0.129. The van der Waals surface area contributed by atoms with Crippen molar-refractivity contribution in [2.45, 2.75) is 13.0 Å². The number of phenols is 1. The summed E-state index contributed by atoms with van der Waals surface area (Å²) in [4.78, 5) is 29.9. The number of para-hydroxylation sites is 1. The normalized spacial score (nSPS) is 16.3. The van der Waals surface area contributed by atoms with Crippen LogP contribution in [0.3, 0.4) is 0 Å². The smallest absolute Gasteiger partial charge is 0.290 e. The summed E-state index contributed by atoms with van der Waals surface area (Å²) in [5.41, 5.74) is 1.01. The minimum atomic E-state index is -0.863. The number of rotatable bonds is 8. The minimum Gasteiger partial charge on any atom is -0.504 e. The molecule has 0 saturated carbocycles. The van der Waals surface area contributed by atoms with Gasteiger partial charge in [0.1, 0.15) is 5.58 Å². The molecule has 2 heterocycles. The first-order valence-corrected chi connectivity index (χ1v) is 10.7. The number of ether oxygens (including phenoxy) is 1. The molecule has 0 aliphatic carbocycles. The Labute approximate surface area is 191 Å². The first-order chi connectivity index (χ1) is 15.8. The van der Waals surface area contributed by atoms with Gasteiger partial charge in [0, 0.05) is 18.5 Å². The van der Waals surface area contributed by atoms with E-state index in [1.165, 1.54) is 11.0 Å². The van der Waals surface area contributed by atoms with Crippen LogP contribution in [-0.4, -0.2) is 65.5 Å². The summed E-state index contributed by atoms with van der Waals surface area (Å²) in [6.07, 6.45) is 0. The van der Waals surface area contributed by atoms with Crippen LogP contribution in [0.25, 0.3) is 11.0 Å². The van der Waals surface area contributed by atoms with Crippen molar-refractivity contribution in [1.82, 2.24) is 9.80 Å². The summed E-state index contributed by atoms with van der Waals surface area (Å²) < 4.78 is 11.2. The minimum absolute atomic E-state index is 0.0359. The molecule has 172 valence electrons. The molecule has 3 aromatic rings. The number of aliphatic hydroxyl groups is 1. The number of aliphatic hydroxyl groups excluding tert-OH is 1. The molecule has 0 spiro atoms. The van der Waals surface area contributed by atoms with Gasteiger partial charge >= 0.3 is 0 Å². The molecular weight excluding hydrogens is 424 g/mol. The summed E-state index contributed by atoms with van der Waals surface area (Å²) in [6.45, 7) is 2.92. The van der Waals surface area contributed by atoms with E-state index in [1.54, 1.807) is 37.3 Å². The number of fused-ring (bicyclic) bond motifs is 1. The van der Waals surface area contributed by atoms with Gasteiger partial charge in [0.25, 0.3) is 5.91 Å². The van der Waals surface area contributed by atoms with Gasteiger partial charge in [0.2, 0.25) is 5.78 Å². The Morgan fingerprint density at radius 1 is 1.15 bits per heavy atom. The zero-order chi connectivity index (χ0) is 23.7. The fourth-order valence-electron chi connectivity index (χ4n) is 3.97. The van der Waals surface area contributed by atoms with Gasteiger partial charge in [-0.1, -0.05) is 24.3 Å². The molecule has 8 nitrogen and oxygen atoms in total. The molecule has 2 aromatic carbocycles. The van der Waals surface area contributed by atoms with Crippen molar-refractivity contribution in [2.75, 3.05) is 33.8 Å². The largest absolute Gasteiger partial charge is 0.504 e. The molecule has 0 saturated heterocycles. The molecule has 0 fully saturated rings. The standard InChI is InChI=1S/C25H26N2O6/c1-4-32-19-14-16(9-10-17(19)28)22-21(24(30)25(31)27(22)12-11-26(2)3)23(29)20-13-15-7-5-6-8-18(15)33-20/h5-10,13-14,22,28,30H,4,11-12H2,1-3H3/t22-/m0/s1. The van der Waals surface area contributed by atoms with Crippen molar-refractivity contribution < 1.29 is 29.0 Å². The van der Waals surface area contributed by atoms with Crippen LogP contribution in [0.1, 0.15) is 29.1 Å². The summed E-state index contributed by atoms with van der Waals surface area (Å²) >= 11 is 0. The van der Waals surface area contributed by atoms with E-state index in [4.69, 9.17) is 9.15 Å². The average molecular weight is 450 g/mol. The van der Waals surface area contributed by atoms with Crippen LogP contribution in [0.5, 0.6) is 11.5 Å². The van der Waals surface area contributed by atoms with Crippen LogP contribution in [0.15, 0.2) is 64.3 Å². The summed E-state index contributed by atoms with van der Waals surface area (Å²) in [6, 6.07) is 12.6. The van der Waals surface area contributed by atoms with E-state index in [0.717, 1.165) is 5.39 Å². The van der Waals surface area contributed by atoms with Gasteiger partial charge < -0.3 is 29.2 Å². The maximum atomic E-state index is 13.5. The monoisotopic (exact) mass is 450 g/mol. The molecule has 2 N–H and O–H groups in total. The number of phenolic OH excluding ortho intramolecular Hbond substituents is 1. The summed E-state index contributed by atoms with van der Waals surface area (Å²) in [7, 11) is 3.74. The maximum absolute atomic E-state index is 13.5. The zero-order valence-corrected chi connectivity index (χ0v) is 18.7. The second kappa shape index (κ2) is 8.99. The van der Waals surface area contributed by atoms with E-state index >= 15 is 0 Å². The molecule has 0 radical (unpaired) electrons. The van der Waals surface area contributed by atoms with Gasteiger partial charge in [0.05, 0.1) is 18.2 Å². The third kappa shape index (κ3) is 4.17. The Hall–Kier alpha value is -3.78. The van der Waals surface area contributed by atoms with E-state index in [1.807, 2.05) is 31.1 Å². The Morgan fingerprint density at radius 3 is 2.61 bits per heavy atom. The highest BCUT2D eigenvalue weighted by molar-refractivity contribution is 6.16. The van der Waals surface area contributed by atoms with Crippen molar-refractivity contribution in [2.24, 2.45) is 0 Å². The van der Waals surface area contributed by atoms with Crippen LogP contribution in [-0.2, 0) is 4.79 Å². The number of ketones is 1. The van der Waals surface area contributed by atoms with E-state index in [-0.39, 0.29) is 29.4 Å². The molecule has 4 rings (SSSR count). The van der Waals surface area contributed by atoms with Crippen molar-refractivity contribution in [3.63, 3.8) is 0 Å². The highest BCUT2D eigenvalue weighted by Gasteiger charge is 2.44. The van der Waals surface area contributed by atoms with E-state index in [2.05, 4.69) is 0 Å². The summed E-state index contributed by atoms with van der Waals surface area (Å²) in [5, 5.41) is 21.7. The molecule has 0 unspecified atom stereocenters. The van der Waals surface area contributed by atoms with Crippen LogP contribution in [0.4, 0.5) is 0 Å². The van der Waals surface area contributed by atoms with Gasteiger partial charge in [-0.2, -0.15) is 0 Å². The molecule has 1 amide bonds. The number of furan rings is 1. The van der Waals surface area contributed by atoms with Crippen molar-refractivity contribution in [1.29, 1.82) is 0 Å². The lowest BCUT2D eigenvalue weighted by Crippen LogP contribution is -2.36. The molecule has 1 atom stereocenters. The van der Waals surface area contributed by atoms with E-state index in [0.29, 0.717) is 24.3 Å². The van der Waals surface area contributed by atoms with Gasteiger partial charge in [-0.05, 0) is 50.8 Å². The summed E-state index contributed by atoms with van der Waals surface area (Å²) in [5.74, 6) is -1.59. The SMILES string of the molecule is CCOc1cc([C@H]2C(C(=O)c3cc4ccccc4o3)=C(O)C(=O)N2CCN(C)C)ccc1O. The Kier molecular flexibility index (Phi) is 6.11. The topological polar surface area (TPSA) is 103 Å². The fourth-order valence-corrected chi connectivity index (χ4v) is 3.97. The molecule has 0 bridgehead atoms. The number of nitrogens with zero attached hydrogens (tertiary/aromatic N) is 2. The number of carbonyl (C=O) groups excluding carboxylic acids is 2. The second-order valence-corrected chi connectivity index (χ2v) is 8.10. The Morgan fingerprint density at radius 2 is 1.91 bits per heavy atom. The number of benzene rings is 2. The molecule has 33 heavy (non-hydrogen) atoms. The van der Waals surface area contributed by atoms with E-state index < -0.39 is 23.5 Å². The first-order valence-electron chi connectivity index (χ1n) is 10.7. The number of likely N-dealkylation sites (N-methyl/N-ethyl adjacent to an activating group) is 1. The number of carbonyl (C=O) groups is 2. The third-order valence-electron chi connectivity index (χ3n) is 5.59. The average Bonchev–Trinajstić information content (AvgIpc) is 3.33. The predicted molar refractivity (Wildman–Crippen MR) is 122 cm³/mol. The van der Waals surface area contributed by atoms with Crippen LogP contribution < -0.4 is 4.74 Å². The number of Topliss-reactive ketones (excluding diaryl/α,β-unsaturated/α-hetero) is 1. The van der Waals surface area contributed by atoms with Gasteiger partial charge in [-0.25, -0.2) is 0 Å². The van der Waals surface area contributed by atoms with Crippen LogP contribution >= 0.6 is 0 Å². The first kappa shape index (κ1) is 22.4. The van der Waals surface area contributed by atoms with Gasteiger partial charge in [-0.15, -0.1) is 0 Å². The highest BCUT2D eigenvalue weighted by Crippen LogP contribution is 2.41. The fraction of sp³-hybridized carbons (Fsp3) is 0.280.